The maximum absolute atomic E-state index is 12.5. The summed E-state index contributed by atoms with van der Waals surface area (Å²) in [5.41, 5.74) is 0.866. The number of aliphatic hydroxyl groups is 1. The number of aryl methyl sites for hydroxylation is 1. The number of nitrogens with one attached hydrogen (secondary N) is 1. The van der Waals surface area contributed by atoms with E-state index in [0.29, 0.717) is 5.69 Å². The van der Waals surface area contributed by atoms with Crippen LogP contribution in [0.25, 0.3) is 0 Å². The Morgan fingerprint density at radius 1 is 1.22 bits per heavy atom. The second-order valence-electron chi connectivity index (χ2n) is 6.17. The topological polar surface area (TPSA) is 61.8 Å². The number of aliphatic hydroxyl groups excluding tert-OH is 1. The maximum atomic E-state index is 12.5. The van der Waals surface area contributed by atoms with Crippen LogP contribution in [0.1, 0.15) is 11.1 Å². The maximum Gasteiger partial charge on any atom is 0.416 e. The number of rotatable bonds is 6. The molecular formula is C19H21F3N2O3. The van der Waals surface area contributed by atoms with Crippen molar-refractivity contribution in [3.63, 3.8) is 0 Å². The molecule has 0 saturated heterocycles. The number of ether oxygens (including phenoxy) is 1. The fourth-order valence-corrected chi connectivity index (χ4v) is 2.33. The number of hydrogen-bond donors (Lipinski definition) is 2. The molecule has 0 fully saturated rings. The number of nitrogens with zero attached hydrogens (tertiary/aromatic N) is 1. The molecule has 0 spiro atoms. The highest BCUT2D eigenvalue weighted by atomic mass is 19.4. The van der Waals surface area contributed by atoms with Crippen molar-refractivity contribution in [3.8, 4) is 5.75 Å². The second kappa shape index (κ2) is 8.77. The van der Waals surface area contributed by atoms with Gasteiger partial charge in [0.25, 0.3) is 0 Å². The Kier molecular flexibility index (Phi) is 6.68. The molecule has 0 bridgehead atoms. The van der Waals surface area contributed by atoms with Crippen molar-refractivity contribution in [3.05, 3.63) is 59.7 Å². The molecule has 2 rings (SSSR count). The molecule has 146 valence electrons. The summed E-state index contributed by atoms with van der Waals surface area (Å²) in [6.45, 7) is 1.74. The third kappa shape index (κ3) is 6.49. The van der Waals surface area contributed by atoms with E-state index >= 15 is 0 Å². The first kappa shape index (κ1) is 20.6. The van der Waals surface area contributed by atoms with Gasteiger partial charge in [0, 0.05) is 12.7 Å². The van der Waals surface area contributed by atoms with E-state index in [9.17, 15) is 23.1 Å². The SMILES string of the molecule is Cc1cccc(NC(=O)N(C)CC(O)COc2ccc(C(F)(F)F)cc2)c1. The van der Waals surface area contributed by atoms with E-state index in [0.717, 1.165) is 17.7 Å². The van der Waals surface area contributed by atoms with Gasteiger partial charge in [0.1, 0.15) is 18.5 Å². The number of urea groups is 1. The van der Waals surface area contributed by atoms with E-state index in [1.165, 1.54) is 24.1 Å². The molecule has 8 heteroatoms. The summed E-state index contributed by atoms with van der Waals surface area (Å²) in [7, 11) is 1.52. The number of benzene rings is 2. The molecule has 1 unspecified atom stereocenters. The van der Waals surface area contributed by atoms with Crippen LogP contribution in [0.3, 0.4) is 0 Å². The molecule has 0 heterocycles. The average Bonchev–Trinajstić information content (AvgIpc) is 2.59. The van der Waals surface area contributed by atoms with Gasteiger partial charge in [-0.25, -0.2) is 4.79 Å². The Bertz CT molecular complexity index is 764. The zero-order chi connectivity index (χ0) is 20.0. The first-order chi connectivity index (χ1) is 12.6. The summed E-state index contributed by atoms with van der Waals surface area (Å²) in [6.07, 6.45) is -5.41. The summed E-state index contributed by atoms with van der Waals surface area (Å²) in [6, 6.07) is 11.1. The predicted molar refractivity (Wildman–Crippen MR) is 95.8 cm³/mol. The standard InChI is InChI=1S/C19H21F3N2O3/c1-13-4-3-5-15(10-13)23-18(26)24(2)11-16(25)12-27-17-8-6-14(7-9-17)19(20,21)22/h3-10,16,25H,11-12H2,1-2H3,(H,23,26). The Hall–Kier alpha value is -2.74. The van der Waals surface area contributed by atoms with Gasteiger partial charge < -0.3 is 20.1 Å². The van der Waals surface area contributed by atoms with Gasteiger partial charge >= 0.3 is 12.2 Å². The quantitative estimate of drug-likeness (QED) is 0.796. The van der Waals surface area contributed by atoms with Gasteiger partial charge in [0.05, 0.1) is 12.1 Å². The molecule has 0 radical (unpaired) electrons. The van der Waals surface area contributed by atoms with Crippen LogP contribution in [-0.2, 0) is 6.18 Å². The first-order valence-corrected chi connectivity index (χ1v) is 8.22. The van der Waals surface area contributed by atoms with E-state index in [-0.39, 0.29) is 18.9 Å². The van der Waals surface area contributed by atoms with Crippen LogP contribution in [0, 0.1) is 6.92 Å². The van der Waals surface area contributed by atoms with Crippen molar-refractivity contribution < 1.29 is 27.8 Å². The summed E-state index contributed by atoms with van der Waals surface area (Å²) in [5, 5.41) is 12.7. The number of halogens is 3. The minimum Gasteiger partial charge on any atom is -0.491 e. The van der Waals surface area contributed by atoms with Crippen molar-refractivity contribution in [2.45, 2.75) is 19.2 Å². The van der Waals surface area contributed by atoms with Crippen molar-refractivity contribution >= 4 is 11.7 Å². The third-order valence-electron chi connectivity index (χ3n) is 3.72. The largest absolute Gasteiger partial charge is 0.491 e. The Morgan fingerprint density at radius 3 is 2.48 bits per heavy atom. The molecule has 0 aliphatic rings. The fourth-order valence-electron chi connectivity index (χ4n) is 2.33. The minimum absolute atomic E-state index is 0.00170. The van der Waals surface area contributed by atoms with Gasteiger partial charge in [-0.3, -0.25) is 0 Å². The second-order valence-corrected chi connectivity index (χ2v) is 6.17. The van der Waals surface area contributed by atoms with Gasteiger partial charge in [0.2, 0.25) is 0 Å². The van der Waals surface area contributed by atoms with Crippen molar-refractivity contribution in [1.82, 2.24) is 4.90 Å². The first-order valence-electron chi connectivity index (χ1n) is 8.22. The summed E-state index contributed by atoms with van der Waals surface area (Å²) in [5.74, 6) is 0.203. The van der Waals surface area contributed by atoms with E-state index in [1.54, 1.807) is 6.07 Å². The molecule has 0 aliphatic heterocycles. The molecule has 27 heavy (non-hydrogen) atoms. The lowest BCUT2D eigenvalue weighted by molar-refractivity contribution is -0.137. The van der Waals surface area contributed by atoms with Crippen LogP contribution in [-0.4, -0.2) is 42.3 Å². The monoisotopic (exact) mass is 382 g/mol. The van der Waals surface area contributed by atoms with Crippen molar-refractivity contribution in [2.24, 2.45) is 0 Å². The lowest BCUT2D eigenvalue weighted by atomic mass is 10.2. The van der Waals surface area contributed by atoms with Gasteiger partial charge in [-0.2, -0.15) is 13.2 Å². The number of carbonyl (C=O) groups is 1. The van der Waals surface area contributed by atoms with Gasteiger partial charge in [-0.05, 0) is 48.9 Å². The smallest absolute Gasteiger partial charge is 0.416 e. The van der Waals surface area contributed by atoms with Gasteiger partial charge in [0.15, 0.2) is 0 Å². The zero-order valence-corrected chi connectivity index (χ0v) is 15.0. The summed E-state index contributed by atoms with van der Waals surface area (Å²) >= 11 is 0. The van der Waals surface area contributed by atoms with Gasteiger partial charge in [-0.1, -0.05) is 12.1 Å². The minimum atomic E-state index is -4.41. The van der Waals surface area contributed by atoms with Crippen LogP contribution in [0.5, 0.6) is 5.75 Å². The molecule has 0 aliphatic carbocycles. The molecule has 0 aromatic heterocycles. The highest BCUT2D eigenvalue weighted by Gasteiger charge is 2.30. The van der Waals surface area contributed by atoms with Crippen LogP contribution >= 0.6 is 0 Å². The molecule has 2 aromatic carbocycles. The zero-order valence-electron chi connectivity index (χ0n) is 15.0. The summed E-state index contributed by atoms with van der Waals surface area (Å²) in [4.78, 5) is 13.4. The van der Waals surface area contributed by atoms with Crippen LogP contribution in [0.2, 0.25) is 0 Å². The predicted octanol–water partition coefficient (Wildman–Crippen LogP) is 3.92. The van der Waals surface area contributed by atoms with Crippen LogP contribution in [0.4, 0.5) is 23.7 Å². The van der Waals surface area contributed by atoms with Crippen molar-refractivity contribution in [2.75, 3.05) is 25.5 Å². The molecule has 0 saturated carbocycles. The van der Waals surface area contributed by atoms with E-state index < -0.39 is 23.9 Å². The van der Waals surface area contributed by atoms with Crippen LogP contribution < -0.4 is 10.1 Å². The number of likely N-dealkylation sites (N-methyl/N-ethyl adjacent to an activating group) is 1. The number of amides is 2. The highest BCUT2D eigenvalue weighted by molar-refractivity contribution is 5.89. The Labute approximate surface area is 155 Å². The van der Waals surface area contributed by atoms with E-state index in [1.807, 2.05) is 25.1 Å². The Balaban J connectivity index is 1.80. The molecule has 5 nitrogen and oxygen atoms in total. The molecular weight excluding hydrogens is 361 g/mol. The lowest BCUT2D eigenvalue weighted by Gasteiger charge is -2.21. The van der Waals surface area contributed by atoms with Gasteiger partial charge in [-0.15, -0.1) is 0 Å². The lowest BCUT2D eigenvalue weighted by Crippen LogP contribution is -2.39. The van der Waals surface area contributed by atoms with E-state index in [4.69, 9.17) is 4.74 Å². The molecule has 1 atom stereocenters. The third-order valence-corrected chi connectivity index (χ3v) is 3.72. The summed E-state index contributed by atoms with van der Waals surface area (Å²) < 4.78 is 42.8. The highest BCUT2D eigenvalue weighted by Crippen LogP contribution is 2.30. The fraction of sp³-hybridized carbons (Fsp3) is 0.316. The average molecular weight is 382 g/mol. The number of hydrogen-bond acceptors (Lipinski definition) is 3. The number of alkyl halides is 3. The van der Waals surface area contributed by atoms with Crippen LogP contribution in [0.15, 0.2) is 48.5 Å². The molecule has 2 aromatic rings. The molecule has 2 N–H and O–H groups in total. The number of anilines is 1. The normalized spacial score (nSPS) is 12.4. The molecule has 2 amide bonds. The van der Waals surface area contributed by atoms with Crippen molar-refractivity contribution in [1.29, 1.82) is 0 Å². The van der Waals surface area contributed by atoms with E-state index in [2.05, 4.69) is 5.32 Å². The number of carbonyl (C=O) groups excluding carboxylic acids is 1. The Morgan fingerprint density at radius 2 is 1.89 bits per heavy atom.